The highest BCUT2D eigenvalue weighted by Gasteiger charge is 2.36. The van der Waals surface area contributed by atoms with Gasteiger partial charge in [-0.25, -0.2) is 0 Å². The lowest BCUT2D eigenvalue weighted by Crippen LogP contribution is -2.44. The lowest BCUT2D eigenvalue weighted by molar-refractivity contribution is -0.129. The Labute approximate surface area is 141 Å². The van der Waals surface area contributed by atoms with Gasteiger partial charge < -0.3 is 14.6 Å². The van der Waals surface area contributed by atoms with Crippen LogP contribution in [0.1, 0.15) is 31.6 Å². The SMILES string of the molecule is CC(C)(NC(=O)C1CC(=O)N(Cc2ccco2)C1)c1ccccc1. The average Bonchev–Trinajstić information content (AvgIpc) is 3.19. The summed E-state index contributed by atoms with van der Waals surface area (Å²) in [5.74, 6) is 0.313. The summed E-state index contributed by atoms with van der Waals surface area (Å²) in [5, 5.41) is 3.07. The van der Waals surface area contributed by atoms with Gasteiger partial charge >= 0.3 is 0 Å². The number of carbonyl (C=O) groups excluding carboxylic acids is 2. The first-order chi connectivity index (χ1) is 11.5. The predicted octanol–water partition coefficient (Wildman–Crippen LogP) is 2.68. The second-order valence-corrected chi connectivity index (χ2v) is 6.73. The molecule has 1 aliphatic rings. The van der Waals surface area contributed by atoms with E-state index < -0.39 is 5.54 Å². The number of carbonyl (C=O) groups is 2. The Balaban J connectivity index is 1.62. The molecule has 0 saturated carbocycles. The molecule has 0 bridgehead atoms. The number of amides is 2. The third kappa shape index (κ3) is 3.50. The van der Waals surface area contributed by atoms with Gasteiger partial charge in [-0.1, -0.05) is 30.3 Å². The van der Waals surface area contributed by atoms with E-state index in [2.05, 4.69) is 5.32 Å². The van der Waals surface area contributed by atoms with Gasteiger partial charge in [0.1, 0.15) is 5.76 Å². The maximum absolute atomic E-state index is 12.6. The zero-order valence-corrected chi connectivity index (χ0v) is 14.0. The summed E-state index contributed by atoms with van der Waals surface area (Å²) in [6.45, 7) is 4.78. The molecule has 0 radical (unpaired) electrons. The normalized spacial score (nSPS) is 18.0. The molecule has 1 fully saturated rings. The molecule has 1 saturated heterocycles. The van der Waals surface area contributed by atoms with Gasteiger partial charge in [0, 0.05) is 13.0 Å². The van der Waals surface area contributed by atoms with E-state index in [-0.39, 0.29) is 24.2 Å². The van der Waals surface area contributed by atoms with Crippen LogP contribution in [0.2, 0.25) is 0 Å². The molecule has 1 atom stereocenters. The summed E-state index contributed by atoms with van der Waals surface area (Å²) >= 11 is 0. The zero-order chi connectivity index (χ0) is 17.2. The van der Waals surface area contributed by atoms with Crippen LogP contribution in [-0.2, 0) is 21.7 Å². The molecule has 0 aliphatic carbocycles. The molecule has 2 heterocycles. The molecule has 0 spiro atoms. The maximum Gasteiger partial charge on any atom is 0.226 e. The molecule has 1 aliphatic heterocycles. The van der Waals surface area contributed by atoms with E-state index >= 15 is 0 Å². The lowest BCUT2D eigenvalue weighted by atomic mass is 9.93. The van der Waals surface area contributed by atoms with Crippen molar-refractivity contribution in [1.29, 1.82) is 0 Å². The lowest BCUT2D eigenvalue weighted by Gasteiger charge is -2.28. The van der Waals surface area contributed by atoms with Gasteiger partial charge in [0.2, 0.25) is 11.8 Å². The quantitative estimate of drug-likeness (QED) is 0.919. The van der Waals surface area contributed by atoms with Crippen LogP contribution >= 0.6 is 0 Å². The minimum absolute atomic E-state index is 0.0101. The van der Waals surface area contributed by atoms with Crippen molar-refractivity contribution < 1.29 is 14.0 Å². The first kappa shape index (κ1) is 16.3. The number of benzene rings is 1. The van der Waals surface area contributed by atoms with Crippen LogP contribution in [0.25, 0.3) is 0 Å². The summed E-state index contributed by atoms with van der Waals surface area (Å²) in [6.07, 6.45) is 1.83. The van der Waals surface area contributed by atoms with Gasteiger partial charge in [-0.15, -0.1) is 0 Å². The number of nitrogens with zero attached hydrogens (tertiary/aromatic N) is 1. The monoisotopic (exact) mass is 326 g/mol. The summed E-state index contributed by atoms with van der Waals surface area (Å²) < 4.78 is 5.28. The highest BCUT2D eigenvalue weighted by molar-refractivity contribution is 5.89. The molecule has 3 rings (SSSR count). The minimum Gasteiger partial charge on any atom is -0.467 e. The molecular weight excluding hydrogens is 304 g/mol. The van der Waals surface area contributed by atoms with Crippen molar-refractivity contribution >= 4 is 11.8 Å². The molecule has 1 aromatic carbocycles. The van der Waals surface area contributed by atoms with Gasteiger partial charge in [-0.2, -0.15) is 0 Å². The van der Waals surface area contributed by atoms with E-state index in [1.54, 1.807) is 17.2 Å². The second kappa shape index (κ2) is 6.51. The number of nitrogens with one attached hydrogen (secondary N) is 1. The molecule has 1 aromatic heterocycles. The van der Waals surface area contributed by atoms with E-state index in [1.807, 2.05) is 50.2 Å². The van der Waals surface area contributed by atoms with Crippen molar-refractivity contribution in [2.45, 2.75) is 32.4 Å². The maximum atomic E-state index is 12.6. The number of hydrogen-bond acceptors (Lipinski definition) is 3. The average molecular weight is 326 g/mol. The molecule has 1 N–H and O–H groups in total. The van der Waals surface area contributed by atoms with Crippen molar-refractivity contribution in [3.63, 3.8) is 0 Å². The van der Waals surface area contributed by atoms with Gasteiger partial charge in [0.05, 0.1) is 24.3 Å². The van der Waals surface area contributed by atoms with Gasteiger partial charge in [0.15, 0.2) is 0 Å². The fourth-order valence-corrected chi connectivity index (χ4v) is 3.03. The standard InChI is InChI=1S/C19H22N2O3/c1-19(2,15-7-4-3-5-8-15)20-18(23)14-11-17(22)21(12-14)13-16-9-6-10-24-16/h3-10,14H,11-13H2,1-2H3,(H,20,23). The Morgan fingerprint density at radius 2 is 2.00 bits per heavy atom. The molecule has 1 unspecified atom stereocenters. The Morgan fingerprint density at radius 1 is 1.25 bits per heavy atom. The van der Waals surface area contributed by atoms with Gasteiger partial charge in [-0.05, 0) is 31.5 Å². The van der Waals surface area contributed by atoms with E-state index in [9.17, 15) is 9.59 Å². The second-order valence-electron chi connectivity index (χ2n) is 6.73. The van der Waals surface area contributed by atoms with Crippen molar-refractivity contribution in [2.75, 3.05) is 6.54 Å². The summed E-state index contributed by atoms with van der Waals surface area (Å²) in [7, 11) is 0. The minimum atomic E-state index is -0.476. The number of rotatable bonds is 5. The first-order valence-corrected chi connectivity index (χ1v) is 8.13. The molecule has 126 valence electrons. The van der Waals surface area contributed by atoms with E-state index in [0.717, 1.165) is 11.3 Å². The first-order valence-electron chi connectivity index (χ1n) is 8.13. The molecule has 5 heteroatoms. The van der Waals surface area contributed by atoms with Crippen LogP contribution in [0.3, 0.4) is 0 Å². The largest absolute Gasteiger partial charge is 0.467 e. The summed E-state index contributed by atoms with van der Waals surface area (Å²) in [4.78, 5) is 26.4. The third-order valence-corrected chi connectivity index (χ3v) is 4.44. The molecular formula is C19H22N2O3. The van der Waals surface area contributed by atoms with Crippen molar-refractivity contribution in [3.05, 3.63) is 60.1 Å². The van der Waals surface area contributed by atoms with E-state index in [4.69, 9.17) is 4.42 Å². The van der Waals surface area contributed by atoms with E-state index in [1.165, 1.54) is 0 Å². The third-order valence-electron chi connectivity index (χ3n) is 4.44. The van der Waals surface area contributed by atoms with Crippen molar-refractivity contribution in [3.8, 4) is 0 Å². The Hall–Kier alpha value is -2.56. The number of likely N-dealkylation sites (tertiary alicyclic amines) is 1. The Kier molecular flexibility index (Phi) is 4.42. The topological polar surface area (TPSA) is 62.6 Å². The fourth-order valence-electron chi connectivity index (χ4n) is 3.03. The highest BCUT2D eigenvalue weighted by atomic mass is 16.3. The van der Waals surface area contributed by atoms with E-state index in [0.29, 0.717) is 13.1 Å². The highest BCUT2D eigenvalue weighted by Crippen LogP contribution is 2.24. The van der Waals surface area contributed by atoms with Crippen LogP contribution in [0.4, 0.5) is 0 Å². The van der Waals surface area contributed by atoms with Crippen molar-refractivity contribution in [2.24, 2.45) is 5.92 Å². The Bertz CT molecular complexity index is 707. The summed E-state index contributed by atoms with van der Waals surface area (Å²) in [6, 6.07) is 13.5. The van der Waals surface area contributed by atoms with Crippen LogP contribution in [0.15, 0.2) is 53.1 Å². The van der Waals surface area contributed by atoms with Crippen molar-refractivity contribution in [1.82, 2.24) is 10.2 Å². The molecule has 2 aromatic rings. The molecule has 24 heavy (non-hydrogen) atoms. The van der Waals surface area contributed by atoms with Gasteiger partial charge in [-0.3, -0.25) is 9.59 Å². The predicted molar refractivity (Wildman–Crippen MR) is 89.8 cm³/mol. The van der Waals surface area contributed by atoms with Crippen LogP contribution in [0.5, 0.6) is 0 Å². The van der Waals surface area contributed by atoms with Gasteiger partial charge in [0.25, 0.3) is 0 Å². The van der Waals surface area contributed by atoms with Crippen LogP contribution in [-0.4, -0.2) is 23.3 Å². The van der Waals surface area contributed by atoms with Crippen LogP contribution < -0.4 is 5.32 Å². The molecule has 5 nitrogen and oxygen atoms in total. The fraction of sp³-hybridized carbons (Fsp3) is 0.368. The smallest absolute Gasteiger partial charge is 0.226 e. The molecule has 2 amide bonds. The van der Waals surface area contributed by atoms with Crippen LogP contribution in [0, 0.1) is 5.92 Å². The zero-order valence-electron chi connectivity index (χ0n) is 14.0. The summed E-state index contributed by atoms with van der Waals surface area (Å²) in [5.41, 5.74) is 0.561. The Morgan fingerprint density at radius 3 is 2.67 bits per heavy atom. The number of hydrogen-bond donors (Lipinski definition) is 1. The number of furan rings is 1.